The Morgan fingerprint density at radius 1 is 1.21 bits per heavy atom. The number of unbranched alkanes of at least 4 members (excludes halogenated alkanes) is 1. The Morgan fingerprint density at radius 2 is 1.95 bits per heavy atom. The summed E-state index contributed by atoms with van der Waals surface area (Å²) in [5, 5.41) is 3.22. The molecule has 0 spiro atoms. The molecule has 0 amide bonds. The van der Waals surface area contributed by atoms with Crippen molar-refractivity contribution in [3.63, 3.8) is 0 Å². The van der Waals surface area contributed by atoms with E-state index in [1.54, 1.807) is 12.1 Å². The summed E-state index contributed by atoms with van der Waals surface area (Å²) in [7, 11) is -3.39. The molecule has 0 atom stereocenters. The number of sulfonamides is 1. The van der Waals surface area contributed by atoms with E-state index >= 15 is 0 Å². The van der Waals surface area contributed by atoms with Crippen molar-refractivity contribution in [2.45, 2.75) is 45.1 Å². The summed E-state index contributed by atoms with van der Waals surface area (Å²) in [6, 6.07) is 5.43. The van der Waals surface area contributed by atoms with Gasteiger partial charge in [-0.3, -0.25) is 0 Å². The van der Waals surface area contributed by atoms with E-state index in [2.05, 4.69) is 10.0 Å². The van der Waals surface area contributed by atoms with Crippen LogP contribution in [0.5, 0.6) is 0 Å². The number of hydrogen-bond donors (Lipinski definition) is 2. The zero-order chi connectivity index (χ0) is 14.3. The number of rotatable bonds is 8. The molecular weight excluding hydrogens is 260 g/mol. The molecule has 1 rings (SSSR count). The molecule has 0 radical (unpaired) electrons. The molecule has 1 aromatic carbocycles. The molecule has 0 bridgehead atoms. The van der Waals surface area contributed by atoms with Gasteiger partial charge in [-0.2, -0.15) is 0 Å². The van der Waals surface area contributed by atoms with Crippen molar-refractivity contribution in [3.05, 3.63) is 29.3 Å². The first-order valence-corrected chi connectivity index (χ1v) is 8.30. The zero-order valence-electron chi connectivity index (χ0n) is 12.0. The standard InChI is InChI=1S/C14H24N2O2S/c1-4-6-10-16-19(17,18)14-9-7-8-13(12(14)3)11-15-5-2/h7-9,15-16H,4-6,10-11H2,1-3H3. The van der Waals surface area contributed by atoms with Crippen LogP contribution in [0.3, 0.4) is 0 Å². The molecule has 4 nitrogen and oxygen atoms in total. The maximum atomic E-state index is 12.2. The van der Waals surface area contributed by atoms with Gasteiger partial charge in [-0.25, -0.2) is 13.1 Å². The van der Waals surface area contributed by atoms with Crippen LogP contribution in [0.2, 0.25) is 0 Å². The largest absolute Gasteiger partial charge is 0.313 e. The number of nitrogens with one attached hydrogen (secondary N) is 2. The molecule has 19 heavy (non-hydrogen) atoms. The highest BCUT2D eigenvalue weighted by Crippen LogP contribution is 2.18. The summed E-state index contributed by atoms with van der Waals surface area (Å²) < 4.78 is 27.1. The first kappa shape index (κ1) is 16.1. The molecule has 0 aliphatic rings. The third kappa shape index (κ3) is 4.60. The van der Waals surface area contributed by atoms with Crippen LogP contribution in [-0.4, -0.2) is 21.5 Å². The number of benzene rings is 1. The Hall–Kier alpha value is -0.910. The van der Waals surface area contributed by atoms with Crippen molar-refractivity contribution < 1.29 is 8.42 Å². The molecule has 0 unspecified atom stereocenters. The van der Waals surface area contributed by atoms with Crippen molar-refractivity contribution in [2.75, 3.05) is 13.1 Å². The van der Waals surface area contributed by atoms with E-state index in [0.29, 0.717) is 18.0 Å². The van der Waals surface area contributed by atoms with Gasteiger partial charge in [0.2, 0.25) is 10.0 Å². The van der Waals surface area contributed by atoms with Crippen LogP contribution >= 0.6 is 0 Å². The molecule has 0 heterocycles. The fraction of sp³-hybridized carbons (Fsp3) is 0.571. The molecular formula is C14H24N2O2S. The van der Waals surface area contributed by atoms with Crippen LogP contribution in [-0.2, 0) is 16.6 Å². The Bertz CT molecular complexity index is 498. The van der Waals surface area contributed by atoms with Gasteiger partial charge >= 0.3 is 0 Å². The van der Waals surface area contributed by atoms with E-state index in [0.717, 1.165) is 30.5 Å². The van der Waals surface area contributed by atoms with Gasteiger partial charge in [0.1, 0.15) is 0 Å². The predicted octanol–water partition coefficient (Wildman–Crippen LogP) is 2.18. The topological polar surface area (TPSA) is 58.2 Å². The van der Waals surface area contributed by atoms with Gasteiger partial charge in [-0.05, 0) is 37.1 Å². The zero-order valence-corrected chi connectivity index (χ0v) is 12.8. The molecule has 5 heteroatoms. The fourth-order valence-electron chi connectivity index (χ4n) is 1.86. The van der Waals surface area contributed by atoms with E-state index in [-0.39, 0.29) is 0 Å². The van der Waals surface area contributed by atoms with Crippen molar-refractivity contribution >= 4 is 10.0 Å². The minimum atomic E-state index is -3.39. The normalized spacial score (nSPS) is 11.7. The van der Waals surface area contributed by atoms with Crippen molar-refractivity contribution in [3.8, 4) is 0 Å². The highest BCUT2D eigenvalue weighted by molar-refractivity contribution is 7.89. The third-order valence-corrected chi connectivity index (χ3v) is 4.68. The molecule has 0 fully saturated rings. The monoisotopic (exact) mass is 284 g/mol. The van der Waals surface area contributed by atoms with Crippen LogP contribution in [0.15, 0.2) is 23.1 Å². The van der Waals surface area contributed by atoms with Crippen molar-refractivity contribution in [1.82, 2.24) is 10.0 Å². The first-order valence-electron chi connectivity index (χ1n) is 6.81. The van der Waals surface area contributed by atoms with E-state index in [1.165, 1.54) is 0 Å². The molecule has 0 aliphatic heterocycles. The molecule has 0 saturated carbocycles. The second kappa shape index (κ2) is 7.62. The quantitative estimate of drug-likeness (QED) is 0.719. The van der Waals surface area contributed by atoms with Crippen LogP contribution < -0.4 is 10.0 Å². The summed E-state index contributed by atoms with van der Waals surface area (Å²) >= 11 is 0. The molecule has 1 aromatic rings. The Morgan fingerprint density at radius 3 is 2.58 bits per heavy atom. The molecule has 0 aliphatic carbocycles. The average molecular weight is 284 g/mol. The second-order valence-corrected chi connectivity index (χ2v) is 6.31. The third-order valence-electron chi connectivity index (χ3n) is 3.07. The van der Waals surface area contributed by atoms with Crippen LogP contribution in [0.4, 0.5) is 0 Å². The van der Waals surface area contributed by atoms with Gasteiger partial charge in [0.15, 0.2) is 0 Å². The lowest BCUT2D eigenvalue weighted by Crippen LogP contribution is -2.26. The maximum Gasteiger partial charge on any atom is 0.240 e. The fourth-order valence-corrected chi connectivity index (χ4v) is 3.22. The maximum absolute atomic E-state index is 12.2. The summed E-state index contributed by atoms with van der Waals surface area (Å²) in [4.78, 5) is 0.388. The van der Waals surface area contributed by atoms with Gasteiger partial charge in [0.05, 0.1) is 4.90 Å². The Kier molecular flexibility index (Phi) is 6.48. The molecule has 0 saturated heterocycles. The highest BCUT2D eigenvalue weighted by atomic mass is 32.2. The molecule has 2 N–H and O–H groups in total. The van der Waals surface area contributed by atoms with Crippen LogP contribution in [0.25, 0.3) is 0 Å². The Balaban J connectivity index is 2.93. The van der Waals surface area contributed by atoms with E-state index in [1.807, 2.05) is 26.8 Å². The minimum Gasteiger partial charge on any atom is -0.313 e. The number of hydrogen-bond acceptors (Lipinski definition) is 3. The molecule has 0 aromatic heterocycles. The van der Waals surface area contributed by atoms with Crippen molar-refractivity contribution in [1.29, 1.82) is 0 Å². The van der Waals surface area contributed by atoms with E-state index < -0.39 is 10.0 Å². The van der Waals surface area contributed by atoms with Crippen LogP contribution in [0.1, 0.15) is 37.8 Å². The van der Waals surface area contributed by atoms with E-state index in [9.17, 15) is 8.42 Å². The minimum absolute atomic E-state index is 0.388. The summed E-state index contributed by atoms with van der Waals surface area (Å²) in [6.07, 6.45) is 1.83. The van der Waals surface area contributed by atoms with Gasteiger partial charge in [-0.1, -0.05) is 32.4 Å². The van der Waals surface area contributed by atoms with E-state index in [4.69, 9.17) is 0 Å². The summed E-state index contributed by atoms with van der Waals surface area (Å²) in [5.41, 5.74) is 1.85. The summed E-state index contributed by atoms with van der Waals surface area (Å²) in [6.45, 7) is 7.99. The predicted molar refractivity (Wildman–Crippen MR) is 78.7 cm³/mol. The lowest BCUT2D eigenvalue weighted by atomic mass is 10.1. The lowest BCUT2D eigenvalue weighted by Gasteiger charge is -2.13. The second-order valence-electron chi connectivity index (χ2n) is 4.57. The van der Waals surface area contributed by atoms with Gasteiger partial charge in [0, 0.05) is 13.1 Å². The Labute approximate surface area is 116 Å². The lowest BCUT2D eigenvalue weighted by molar-refractivity contribution is 0.577. The van der Waals surface area contributed by atoms with Gasteiger partial charge in [0.25, 0.3) is 0 Å². The average Bonchev–Trinajstić information content (AvgIpc) is 2.37. The first-order chi connectivity index (χ1) is 9.03. The summed E-state index contributed by atoms with van der Waals surface area (Å²) in [5.74, 6) is 0. The molecule has 108 valence electrons. The van der Waals surface area contributed by atoms with Crippen molar-refractivity contribution in [2.24, 2.45) is 0 Å². The van der Waals surface area contributed by atoms with Gasteiger partial charge < -0.3 is 5.32 Å². The SMILES string of the molecule is CCCCNS(=O)(=O)c1cccc(CNCC)c1C. The van der Waals surface area contributed by atoms with Crippen LogP contribution in [0, 0.1) is 6.92 Å². The highest BCUT2D eigenvalue weighted by Gasteiger charge is 2.17. The smallest absolute Gasteiger partial charge is 0.240 e. The van der Waals surface area contributed by atoms with Gasteiger partial charge in [-0.15, -0.1) is 0 Å².